The molecule has 0 fully saturated rings. The second-order valence-electron chi connectivity index (χ2n) is 4.40. The maximum Gasteiger partial charge on any atom is 0.299 e. The topological polar surface area (TPSA) is 67.3 Å². The van der Waals surface area contributed by atoms with Crippen molar-refractivity contribution < 1.29 is 14.4 Å². The number of hydrogen-bond donors (Lipinski definition) is 0. The first-order chi connectivity index (χ1) is 9.68. The molecule has 2 aromatic rings. The molecule has 0 atom stereocenters. The third-order valence-corrected chi connectivity index (χ3v) is 3.18. The fourth-order valence-corrected chi connectivity index (χ4v) is 2.18. The summed E-state index contributed by atoms with van der Waals surface area (Å²) in [5, 5.41) is 0. The molecule has 2 heterocycles. The number of amides is 1. The summed E-state index contributed by atoms with van der Waals surface area (Å²) in [6, 6.07) is 9.84. The van der Waals surface area contributed by atoms with Crippen LogP contribution in [0.4, 0.5) is 5.69 Å². The fourth-order valence-electron chi connectivity index (χ4n) is 2.18. The summed E-state index contributed by atoms with van der Waals surface area (Å²) in [5.74, 6) is -1.46. The number of hydrogen-bond acceptors (Lipinski definition) is 4. The number of carbonyl (C=O) groups is 3. The van der Waals surface area contributed by atoms with Crippen molar-refractivity contribution in [3.63, 3.8) is 0 Å². The number of aromatic nitrogens is 1. The molecule has 5 heteroatoms. The van der Waals surface area contributed by atoms with E-state index in [-0.39, 0.29) is 12.3 Å². The maximum absolute atomic E-state index is 12.1. The molecule has 0 saturated heterocycles. The Morgan fingerprint density at radius 1 is 1.05 bits per heavy atom. The highest BCUT2D eigenvalue weighted by atomic mass is 16.2. The maximum atomic E-state index is 12.1. The molecule has 20 heavy (non-hydrogen) atoms. The number of para-hydroxylation sites is 1. The quantitative estimate of drug-likeness (QED) is 0.623. The summed E-state index contributed by atoms with van der Waals surface area (Å²) in [7, 11) is 0. The Morgan fingerprint density at radius 2 is 1.75 bits per heavy atom. The summed E-state index contributed by atoms with van der Waals surface area (Å²) in [4.78, 5) is 40.9. The average Bonchev–Trinajstić information content (AvgIpc) is 2.74. The third-order valence-electron chi connectivity index (χ3n) is 3.18. The molecular formula is C15H10N2O3. The number of Topliss-reactive ketones (excluding diaryl/α,β-unsaturated/α-hetero) is 2. The molecule has 1 aliphatic heterocycles. The Balaban J connectivity index is 1.91. The summed E-state index contributed by atoms with van der Waals surface area (Å²) >= 11 is 0. The van der Waals surface area contributed by atoms with Gasteiger partial charge in [0.25, 0.3) is 11.7 Å². The van der Waals surface area contributed by atoms with Crippen LogP contribution in [-0.2, 0) is 4.79 Å². The molecule has 0 N–H and O–H groups in total. The van der Waals surface area contributed by atoms with Gasteiger partial charge >= 0.3 is 0 Å². The van der Waals surface area contributed by atoms with Gasteiger partial charge in [-0.15, -0.1) is 0 Å². The lowest BCUT2D eigenvalue weighted by molar-refractivity contribution is -0.114. The summed E-state index contributed by atoms with van der Waals surface area (Å²) in [6.45, 7) is -0.147. The van der Waals surface area contributed by atoms with E-state index >= 15 is 0 Å². The van der Waals surface area contributed by atoms with Gasteiger partial charge in [0.15, 0.2) is 5.78 Å². The van der Waals surface area contributed by atoms with Crippen LogP contribution in [0.3, 0.4) is 0 Å². The Hall–Kier alpha value is -2.82. The number of nitrogens with zero attached hydrogens (tertiary/aromatic N) is 2. The van der Waals surface area contributed by atoms with Gasteiger partial charge in [-0.25, -0.2) is 0 Å². The van der Waals surface area contributed by atoms with E-state index in [1.807, 2.05) is 0 Å². The van der Waals surface area contributed by atoms with E-state index in [9.17, 15) is 14.4 Å². The van der Waals surface area contributed by atoms with Crippen molar-refractivity contribution in [2.45, 2.75) is 0 Å². The molecule has 0 unspecified atom stereocenters. The van der Waals surface area contributed by atoms with E-state index in [1.54, 1.807) is 36.4 Å². The Labute approximate surface area is 114 Å². The number of anilines is 1. The molecule has 5 nitrogen and oxygen atoms in total. The van der Waals surface area contributed by atoms with Gasteiger partial charge < -0.3 is 0 Å². The van der Waals surface area contributed by atoms with E-state index in [2.05, 4.69) is 4.98 Å². The lowest BCUT2D eigenvalue weighted by atomic mass is 10.1. The van der Waals surface area contributed by atoms with Gasteiger partial charge in [-0.3, -0.25) is 24.3 Å². The van der Waals surface area contributed by atoms with Gasteiger partial charge in [0, 0.05) is 18.0 Å². The lowest BCUT2D eigenvalue weighted by Gasteiger charge is -2.15. The van der Waals surface area contributed by atoms with Gasteiger partial charge in [-0.1, -0.05) is 12.1 Å². The van der Waals surface area contributed by atoms with Gasteiger partial charge in [0.2, 0.25) is 0 Å². The zero-order chi connectivity index (χ0) is 14.1. The largest absolute Gasteiger partial charge is 0.299 e. The second kappa shape index (κ2) is 4.70. The van der Waals surface area contributed by atoms with E-state index in [1.165, 1.54) is 17.3 Å². The first-order valence-electron chi connectivity index (χ1n) is 6.07. The minimum Gasteiger partial charge on any atom is -0.297 e. The molecule has 0 saturated carbocycles. The predicted molar refractivity (Wildman–Crippen MR) is 71.7 cm³/mol. The Bertz CT molecular complexity index is 710. The highest BCUT2D eigenvalue weighted by molar-refractivity contribution is 6.52. The Kier molecular flexibility index (Phi) is 2.87. The van der Waals surface area contributed by atoms with Crippen molar-refractivity contribution in [2.75, 3.05) is 11.4 Å². The first kappa shape index (κ1) is 12.2. The van der Waals surface area contributed by atoms with Crippen LogP contribution in [0.25, 0.3) is 0 Å². The number of benzene rings is 1. The minimum absolute atomic E-state index is 0.147. The van der Waals surface area contributed by atoms with E-state index < -0.39 is 11.7 Å². The molecule has 3 rings (SSSR count). The van der Waals surface area contributed by atoms with Crippen LogP contribution in [0.1, 0.15) is 20.7 Å². The van der Waals surface area contributed by atoms with Crippen molar-refractivity contribution in [1.29, 1.82) is 0 Å². The fraction of sp³-hybridized carbons (Fsp3) is 0.0667. The Morgan fingerprint density at radius 3 is 2.50 bits per heavy atom. The second-order valence-corrected chi connectivity index (χ2v) is 4.40. The number of ketones is 2. The van der Waals surface area contributed by atoms with E-state index in [0.717, 1.165) is 0 Å². The highest BCUT2D eigenvalue weighted by Gasteiger charge is 2.36. The van der Waals surface area contributed by atoms with Crippen molar-refractivity contribution >= 4 is 23.2 Å². The predicted octanol–water partition coefficient (Wildman–Crippen LogP) is 1.49. The van der Waals surface area contributed by atoms with Crippen LogP contribution < -0.4 is 4.90 Å². The molecule has 1 aliphatic rings. The summed E-state index contributed by atoms with van der Waals surface area (Å²) in [6.07, 6.45) is 3.02. The van der Waals surface area contributed by atoms with Crippen LogP contribution in [0.5, 0.6) is 0 Å². The number of fused-ring (bicyclic) bond motifs is 1. The van der Waals surface area contributed by atoms with E-state index in [4.69, 9.17) is 0 Å². The van der Waals surface area contributed by atoms with Crippen LogP contribution in [0.15, 0.2) is 48.8 Å². The summed E-state index contributed by atoms with van der Waals surface area (Å²) < 4.78 is 0. The van der Waals surface area contributed by atoms with Crippen molar-refractivity contribution in [1.82, 2.24) is 4.98 Å². The van der Waals surface area contributed by atoms with Crippen molar-refractivity contribution in [3.8, 4) is 0 Å². The van der Waals surface area contributed by atoms with Crippen LogP contribution in [-0.4, -0.2) is 29.0 Å². The first-order valence-corrected chi connectivity index (χ1v) is 6.07. The van der Waals surface area contributed by atoms with Gasteiger partial charge in [0.1, 0.15) is 0 Å². The standard InChI is InChI=1S/C15H10N2O3/c18-13(10-5-7-16-8-6-10)9-17-12-4-2-1-3-11(12)14(19)15(17)20/h1-8H,9H2. The van der Waals surface area contributed by atoms with Gasteiger partial charge in [0.05, 0.1) is 17.8 Å². The van der Waals surface area contributed by atoms with Crippen LogP contribution in [0.2, 0.25) is 0 Å². The smallest absolute Gasteiger partial charge is 0.297 e. The normalized spacial score (nSPS) is 13.5. The molecule has 0 spiro atoms. The minimum atomic E-state index is -0.659. The zero-order valence-corrected chi connectivity index (χ0v) is 10.4. The molecular weight excluding hydrogens is 256 g/mol. The molecule has 1 aromatic carbocycles. The number of pyridine rings is 1. The molecule has 1 aromatic heterocycles. The molecule has 0 aliphatic carbocycles. The zero-order valence-electron chi connectivity index (χ0n) is 10.4. The van der Waals surface area contributed by atoms with Crippen LogP contribution in [0, 0.1) is 0 Å². The van der Waals surface area contributed by atoms with Gasteiger partial charge in [-0.05, 0) is 24.3 Å². The SMILES string of the molecule is O=C(CN1C(=O)C(=O)c2ccccc21)c1ccncc1. The molecule has 1 amide bonds. The third kappa shape index (κ3) is 1.89. The monoisotopic (exact) mass is 266 g/mol. The number of rotatable bonds is 3. The van der Waals surface area contributed by atoms with E-state index in [0.29, 0.717) is 16.8 Å². The molecule has 98 valence electrons. The number of carbonyl (C=O) groups excluding carboxylic acids is 3. The molecule has 0 bridgehead atoms. The average molecular weight is 266 g/mol. The van der Waals surface area contributed by atoms with Crippen molar-refractivity contribution in [2.24, 2.45) is 0 Å². The lowest BCUT2D eigenvalue weighted by Crippen LogP contribution is -2.34. The van der Waals surface area contributed by atoms with Crippen molar-refractivity contribution in [3.05, 3.63) is 59.9 Å². The highest BCUT2D eigenvalue weighted by Crippen LogP contribution is 2.28. The summed E-state index contributed by atoms with van der Waals surface area (Å²) in [5.41, 5.74) is 1.30. The van der Waals surface area contributed by atoms with Gasteiger partial charge in [-0.2, -0.15) is 0 Å². The van der Waals surface area contributed by atoms with Crippen LogP contribution >= 0.6 is 0 Å². The molecule has 0 radical (unpaired) electrons.